The van der Waals surface area contributed by atoms with Gasteiger partial charge < -0.3 is 15.3 Å². The Labute approximate surface area is 120 Å². The molecule has 0 unspecified atom stereocenters. The van der Waals surface area contributed by atoms with E-state index in [9.17, 15) is 10.2 Å². The molecule has 0 bridgehead atoms. The van der Waals surface area contributed by atoms with Crippen LogP contribution in [0.2, 0.25) is 0 Å². The molecule has 20 heavy (non-hydrogen) atoms. The normalized spacial score (nSPS) is 14.2. The van der Waals surface area contributed by atoms with Gasteiger partial charge in [0.05, 0.1) is 18.8 Å². The molecule has 7 heteroatoms. The van der Waals surface area contributed by atoms with Gasteiger partial charge in [-0.15, -0.1) is 0 Å². The molecule has 1 aromatic heterocycles. The Bertz CT molecular complexity index is 504. The summed E-state index contributed by atoms with van der Waals surface area (Å²) in [5.41, 5.74) is 1.52. The molecule has 108 valence electrons. The van der Waals surface area contributed by atoms with Gasteiger partial charge in [-0.3, -0.25) is 5.10 Å². The highest BCUT2D eigenvalue weighted by Crippen LogP contribution is 2.22. The van der Waals surface area contributed by atoms with Crippen LogP contribution in [0.1, 0.15) is 23.7 Å². The average molecular weight is 295 g/mol. The topological polar surface area (TPSA) is 102 Å². The Morgan fingerprint density at radius 1 is 1.20 bits per heavy atom. The molecule has 0 saturated carbocycles. The van der Waals surface area contributed by atoms with Gasteiger partial charge in [0.1, 0.15) is 6.33 Å². The molecule has 0 radical (unpaired) electrons. The van der Waals surface area contributed by atoms with Crippen molar-refractivity contribution in [2.75, 3.05) is 5.75 Å². The first-order chi connectivity index (χ1) is 9.69. The van der Waals surface area contributed by atoms with Crippen LogP contribution in [-0.2, 0) is 6.61 Å². The molecule has 1 aromatic carbocycles. The van der Waals surface area contributed by atoms with Crippen LogP contribution in [0.3, 0.4) is 0 Å². The standard InChI is InChI=1S/C13H17N3O3S/c17-6-9-1-3-10(4-2-9)12(19)5-11(18)7-20-13-14-8-15-16-13/h1-4,8,11-12,17-19H,5-7H2,(H,14,15,16)/t11-,12+/m1/s1. The largest absolute Gasteiger partial charge is 0.392 e. The fourth-order valence-electron chi connectivity index (χ4n) is 1.75. The van der Waals surface area contributed by atoms with Crippen molar-refractivity contribution < 1.29 is 15.3 Å². The second kappa shape index (κ2) is 7.39. The van der Waals surface area contributed by atoms with Crippen molar-refractivity contribution in [2.45, 2.75) is 30.4 Å². The van der Waals surface area contributed by atoms with E-state index in [1.54, 1.807) is 24.3 Å². The number of rotatable bonds is 7. The van der Waals surface area contributed by atoms with Gasteiger partial charge >= 0.3 is 0 Å². The third kappa shape index (κ3) is 4.31. The van der Waals surface area contributed by atoms with Gasteiger partial charge in [0.25, 0.3) is 0 Å². The smallest absolute Gasteiger partial charge is 0.183 e. The first-order valence-electron chi connectivity index (χ1n) is 6.23. The van der Waals surface area contributed by atoms with Crippen molar-refractivity contribution >= 4 is 11.8 Å². The van der Waals surface area contributed by atoms with Crippen LogP contribution in [0.4, 0.5) is 0 Å². The lowest BCUT2D eigenvalue weighted by Gasteiger charge is -2.15. The number of hydrogen-bond donors (Lipinski definition) is 4. The molecule has 2 atom stereocenters. The summed E-state index contributed by atoms with van der Waals surface area (Å²) in [5.74, 6) is 0.432. The van der Waals surface area contributed by atoms with Crippen LogP contribution in [0.5, 0.6) is 0 Å². The lowest BCUT2D eigenvalue weighted by Crippen LogP contribution is -2.15. The summed E-state index contributed by atoms with van der Waals surface area (Å²) >= 11 is 1.36. The van der Waals surface area contributed by atoms with Crippen LogP contribution in [0.15, 0.2) is 35.7 Å². The SMILES string of the molecule is OCc1ccc([C@@H](O)C[C@@H](O)CSc2ncn[nH]2)cc1. The minimum atomic E-state index is -0.729. The lowest BCUT2D eigenvalue weighted by atomic mass is 10.0. The number of benzene rings is 1. The van der Waals surface area contributed by atoms with Crippen LogP contribution < -0.4 is 0 Å². The summed E-state index contributed by atoms with van der Waals surface area (Å²) in [4.78, 5) is 3.94. The van der Waals surface area contributed by atoms with Crippen molar-refractivity contribution in [1.82, 2.24) is 15.2 Å². The predicted octanol–water partition coefficient (Wildman–Crippen LogP) is 0.874. The van der Waals surface area contributed by atoms with Gasteiger partial charge in [-0.1, -0.05) is 36.0 Å². The summed E-state index contributed by atoms with van der Waals surface area (Å²) < 4.78 is 0. The van der Waals surface area contributed by atoms with Gasteiger partial charge in [0.15, 0.2) is 5.16 Å². The summed E-state index contributed by atoms with van der Waals surface area (Å²) in [6.07, 6.45) is 0.289. The molecule has 2 aromatic rings. The number of hydrogen-bond acceptors (Lipinski definition) is 6. The van der Waals surface area contributed by atoms with Crippen molar-refractivity contribution in [3.63, 3.8) is 0 Å². The first-order valence-corrected chi connectivity index (χ1v) is 7.21. The minimum absolute atomic E-state index is 0.0210. The highest BCUT2D eigenvalue weighted by molar-refractivity contribution is 7.99. The van der Waals surface area contributed by atoms with E-state index in [2.05, 4.69) is 15.2 Å². The van der Waals surface area contributed by atoms with Gasteiger partial charge in [-0.05, 0) is 11.1 Å². The minimum Gasteiger partial charge on any atom is -0.392 e. The van der Waals surface area contributed by atoms with Crippen LogP contribution in [0.25, 0.3) is 0 Å². The second-order valence-corrected chi connectivity index (χ2v) is 5.42. The van der Waals surface area contributed by atoms with E-state index in [1.165, 1.54) is 18.1 Å². The predicted molar refractivity (Wildman–Crippen MR) is 75.1 cm³/mol. The summed E-state index contributed by atoms with van der Waals surface area (Å²) in [6.45, 7) is -0.0210. The fraction of sp³-hybridized carbons (Fsp3) is 0.385. The number of aromatic nitrogens is 3. The molecule has 0 fully saturated rings. The summed E-state index contributed by atoms with van der Waals surface area (Å²) in [6, 6.07) is 7.03. The highest BCUT2D eigenvalue weighted by Gasteiger charge is 2.14. The fourth-order valence-corrected chi connectivity index (χ4v) is 2.47. The average Bonchev–Trinajstić information content (AvgIpc) is 2.98. The molecule has 0 aliphatic rings. The Hall–Kier alpha value is -1.41. The van der Waals surface area contributed by atoms with E-state index in [0.29, 0.717) is 10.9 Å². The molecule has 2 rings (SSSR count). The molecule has 0 aliphatic carbocycles. The first kappa shape index (κ1) is 15.0. The summed E-state index contributed by atoms with van der Waals surface area (Å²) in [5, 5.41) is 36.0. The van der Waals surface area contributed by atoms with Crippen molar-refractivity contribution in [1.29, 1.82) is 0 Å². The van der Waals surface area contributed by atoms with Crippen molar-refractivity contribution in [3.8, 4) is 0 Å². The molecule has 0 spiro atoms. The molecule has 0 amide bonds. The zero-order valence-corrected chi connectivity index (χ0v) is 11.6. The van der Waals surface area contributed by atoms with Crippen LogP contribution in [-0.4, -0.2) is 42.4 Å². The Morgan fingerprint density at radius 3 is 2.55 bits per heavy atom. The van der Waals surface area contributed by atoms with E-state index >= 15 is 0 Å². The Balaban J connectivity index is 1.81. The van der Waals surface area contributed by atoms with Crippen molar-refractivity contribution in [2.24, 2.45) is 0 Å². The van der Waals surface area contributed by atoms with E-state index in [1.807, 2.05) is 0 Å². The van der Waals surface area contributed by atoms with Crippen LogP contribution in [0, 0.1) is 0 Å². The number of aliphatic hydroxyl groups excluding tert-OH is 3. The van der Waals surface area contributed by atoms with E-state index in [4.69, 9.17) is 5.11 Å². The van der Waals surface area contributed by atoms with E-state index < -0.39 is 12.2 Å². The zero-order valence-electron chi connectivity index (χ0n) is 10.8. The molecule has 0 aliphatic heterocycles. The second-order valence-electron chi connectivity index (χ2n) is 4.41. The molecular weight excluding hydrogens is 278 g/mol. The number of thioether (sulfide) groups is 1. The van der Waals surface area contributed by atoms with Gasteiger partial charge in [0.2, 0.25) is 0 Å². The maximum Gasteiger partial charge on any atom is 0.183 e. The maximum absolute atomic E-state index is 10.0. The van der Waals surface area contributed by atoms with Gasteiger partial charge in [-0.25, -0.2) is 4.98 Å². The van der Waals surface area contributed by atoms with Gasteiger partial charge in [-0.2, -0.15) is 5.10 Å². The van der Waals surface area contributed by atoms with Crippen LogP contribution >= 0.6 is 11.8 Å². The number of nitrogens with zero attached hydrogens (tertiary/aromatic N) is 2. The quantitative estimate of drug-likeness (QED) is 0.565. The van der Waals surface area contributed by atoms with Gasteiger partial charge in [0, 0.05) is 12.2 Å². The number of H-pyrrole nitrogens is 1. The molecule has 1 heterocycles. The lowest BCUT2D eigenvalue weighted by molar-refractivity contribution is 0.0930. The zero-order chi connectivity index (χ0) is 14.4. The number of aliphatic hydroxyl groups is 3. The maximum atomic E-state index is 10.0. The molecule has 0 saturated heterocycles. The summed E-state index contributed by atoms with van der Waals surface area (Å²) in [7, 11) is 0. The molecule has 6 nitrogen and oxygen atoms in total. The third-order valence-electron chi connectivity index (χ3n) is 2.85. The third-order valence-corrected chi connectivity index (χ3v) is 3.87. The highest BCUT2D eigenvalue weighted by atomic mass is 32.2. The molecule has 4 N–H and O–H groups in total. The van der Waals surface area contributed by atoms with E-state index in [-0.39, 0.29) is 13.0 Å². The number of nitrogens with one attached hydrogen (secondary N) is 1. The van der Waals surface area contributed by atoms with Crippen molar-refractivity contribution in [3.05, 3.63) is 41.7 Å². The Kier molecular flexibility index (Phi) is 5.54. The molecular formula is C13H17N3O3S. The number of aromatic amines is 1. The van der Waals surface area contributed by atoms with E-state index in [0.717, 1.165) is 11.1 Å². The monoisotopic (exact) mass is 295 g/mol. The Morgan fingerprint density at radius 2 is 1.95 bits per heavy atom.